The first-order chi connectivity index (χ1) is 12.3. The maximum Gasteiger partial charge on any atom is 0.318 e. The second kappa shape index (κ2) is 8.59. The van der Waals surface area contributed by atoms with E-state index in [1.807, 2.05) is 30.3 Å². The van der Waals surface area contributed by atoms with Crippen LogP contribution < -0.4 is 5.32 Å². The summed E-state index contributed by atoms with van der Waals surface area (Å²) < 4.78 is 26.1. The summed E-state index contributed by atoms with van der Waals surface area (Å²) in [7, 11) is -4.12. The van der Waals surface area contributed by atoms with Crippen molar-refractivity contribution in [1.82, 2.24) is 9.62 Å². The number of hydrogen-bond donors (Lipinski definition) is 2. The average molecular weight is 376 g/mol. The number of nitrogens with one attached hydrogen (secondary N) is 1. The highest BCUT2D eigenvalue weighted by Crippen LogP contribution is 2.22. The fourth-order valence-electron chi connectivity index (χ4n) is 2.39. The number of rotatable bonds is 8. The third kappa shape index (κ3) is 4.90. The largest absolute Gasteiger partial charge is 0.480 e. The number of carbonyl (C=O) groups excluding carboxylic acids is 1. The van der Waals surface area contributed by atoms with E-state index in [-0.39, 0.29) is 4.90 Å². The van der Waals surface area contributed by atoms with Crippen LogP contribution in [0.25, 0.3) is 11.1 Å². The van der Waals surface area contributed by atoms with Crippen molar-refractivity contribution in [2.24, 2.45) is 0 Å². The fourth-order valence-corrected chi connectivity index (χ4v) is 3.73. The maximum absolute atomic E-state index is 12.7. The summed E-state index contributed by atoms with van der Waals surface area (Å²) in [6.45, 7) is 0.671. The molecule has 0 aromatic heterocycles. The van der Waals surface area contributed by atoms with E-state index in [1.54, 1.807) is 19.1 Å². The highest BCUT2D eigenvalue weighted by atomic mass is 32.2. The maximum atomic E-state index is 12.7. The van der Waals surface area contributed by atoms with Crippen molar-refractivity contribution in [3.8, 4) is 11.1 Å². The molecule has 0 fully saturated rings. The van der Waals surface area contributed by atoms with Gasteiger partial charge < -0.3 is 10.4 Å². The standard InChI is InChI=1S/C18H20N2O5S/c1-2-19-17(21)12-20(13-18(22)23)26(24,25)16-10-8-15(9-11-16)14-6-4-3-5-7-14/h3-11H,2,12-13H2,1H3,(H,19,21)(H,22,23). The number of sulfonamides is 1. The minimum atomic E-state index is -4.12. The molecule has 2 aromatic rings. The van der Waals surface area contributed by atoms with Crippen LogP contribution in [0.15, 0.2) is 59.5 Å². The van der Waals surface area contributed by atoms with Crippen LogP contribution in [-0.4, -0.2) is 49.3 Å². The first kappa shape index (κ1) is 19.6. The van der Waals surface area contributed by atoms with Crippen LogP contribution in [0.5, 0.6) is 0 Å². The van der Waals surface area contributed by atoms with E-state index in [2.05, 4.69) is 5.32 Å². The first-order valence-corrected chi connectivity index (χ1v) is 9.42. The molecule has 2 aromatic carbocycles. The summed E-state index contributed by atoms with van der Waals surface area (Å²) >= 11 is 0. The van der Waals surface area contributed by atoms with Gasteiger partial charge in [0, 0.05) is 6.54 Å². The highest BCUT2D eigenvalue weighted by Gasteiger charge is 2.28. The predicted octanol–water partition coefficient (Wildman–Crippen LogP) is 1.56. The van der Waals surface area contributed by atoms with Crippen LogP contribution in [-0.2, 0) is 19.6 Å². The average Bonchev–Trinajstić information content (AvgIpc) is 2.62. The lowest BCUT2D eigenvalue weighted by Crippen LogP contribution is -2.43. The number of nitrogens with zero attached hydrogens (tertiary/aromatic N) is 1. The number of benzene rings is 2. The van der Waals surface area contributed by atoms with Gasteiger partial charge in [0.15, 0.2) is 0 Å². The molecular formula is C18H20N2O5S. The molecule has 2 N–H and O–H groups in total. The van der Waals surface area contributed by atoms with Crippen LogP contribution in [0.3, 0.4) is 0 Å². The van der Waals surface area contributed by atoms with Gasteiger partial charge in [0.25, 0.3) is 0 Å². The van der Waals surface area contributed by atoms with Crippen molar-refractivity contribution in [3.05, 3.63) is 54.6 Å². The van der Waals surface area contributed by atoms with Crippen LogP contribution in [0.1, 0.15) is 6.92 Å². The number of amides is 1. The van der Waals surface area contributed by atoms with E-state index in [0.717, 1.165) is 11.1 Å². The minimum Gasteiger partial charge on any atom is -0.480 e. The van der Waals surface area contributed by atoms with E-state index in [9.17, 15) is 18.0 Å². The van der Waals surface area contributed by atoms with Gasteiger partial charge in [0.05, 0.1) is 11.4 Å². The van der Waals surface area contributed by atoms with Gasteiger partial charge in [0.2, 0.25) is 15.9 Å². The summed E-state index contributed by atoms with van der Waals surface area (Å²) in [5, 5.41) is 11.5. The smallest absolute Gasteiger partial charge is 0.318 e. The number of carbonyl (C=O) groups is 2. The van der Waals surface area contributed by atoms with Crippen LogP contribution in [0.2, 0.25) is 0 Å². The SMILES string of the molecule is CCNC(=O)CN(CC(=O)O)S(=O)(=O)c1ccc(-c2ccccc2)cc1. The molecule has 0 aliphatic carbocycles. The van der Waals surface area contributed by atoms with Crippen molar-refractivity contribution >= 4 is 21.9 Å². The Labute approximate surface area is 152 Å². The van der Waals surface area contributed by atoms with E-state index in [4.69, 9.17) is 5.11 Å². The summed E-state index contributed by atoms with van der Waals surface area (Å²) in [6.07, 6.45) is 0. The van der Waals surface area contributed by atoms with Gasteiger partial charge >= 0.3 is 5.97 Å². The topological polar surface area (TPSA) is 104 Å². The monoisotopic (exact) mass is 376 g/mol. The van der Waals surface area contributed by atoms with Gasteiger partial charge in [-0.05, 0) is 30.2 Å². The van der Waals surface area contributed by atoms with E-state index in [1.165, 1.54) is 12.1 Å². The summed E-state index contributed by atoms with van der Waals surface area (Å²) in [5.41, 5.74) is 1.76. The van der Waals surface area contributed by atoms with Gasteiger partial charge in [-0.3, -0.25) is 9.59 Å². The Morgan fingerprint density at radius 3 is 2.08 bits per heavy atom. The van der Waals surface area contributed by atoms with Crippen molar-refractivity contribution in [1.29, 1.82) is 0 Å². The molecule has 0 heterocycles. The Morgan fingerprint density at radius 2 is 1.54 bits per heavy atom. The zero-order valence-electron chi connectivity index (χ0n) is 14.3. The second-order valence-corrected chi connectivity index (χ2v) is 7.45. The predicted molar refractivity (Wildman–Crippen MR) is 97.0 cm³/mol. The molecule has 0 spiro atoms. The third-order valence-electron chi connectivity index (χ3n) is 3.60. The molecule has 0 bridgehead atoms. The number of aliphatic carboxylic acids is 1. The highest BCUT2D eigenvalue weighted by molar-refractivity contribution is 7.89. The zero-order valence-corrected chi connectivity index (χ0v) is 15.1. The van der Waals surface area contributed by atoms with E-state index in [0.29, 0.717) is 10.8 Å². The molecule has 138 valence electrons. The molecule has 8 heteroatoms. The van der Waals surface area contributed by atoms with Gasteiger partial charge in [-0.1, -0.05) is 42.5 Å². The Balaban J connectivity index is 2.29. The molecule has 7 nitrogen and oxygen atoms in total. The number of carboxylic acids is 1. The number of hydrogen-bond acceptors (Lipinski definition) is 4. The summed E-state index contributed by atoms with van der Waals surface area (Å²) in [4.78, 5) is 22.7. The number of likely N-dealkylation sites (N-methyl/N-ethyl adjacent to an activating group) is 1. The Bertz CT molecular complexity index is 864. The van der Waals surface area contributed by atoms with Gasteiger partial charge in [-0.25, -0.2) is 8.42 Å². The normalized spacial score (nSPS) is 11.3. The molecule has 2 rings (SSSR count). The number of carboxylic acid groups (broad SMARTS) is 1. The second-order valence-electron chi connectivity index (χ2n) is 5.51. The van der Waals surface area contributed by atoms with Crippen LogP contribution in [0, 0.1) is 0 Å². The molecular weight excluding hydrogens is 356 g/mol. The summed E-state index contributed by atoms with van der Waals surface area (Å²) in [6, 6.07) is 15.5. The lowest BCUT2D eigenvalue weighted by atomic mass is 10.1. The quantitative estimate of drug-likeness (QED) is 0.728. The molecule has 26 heavy (non-hydrogen) atoms. The molecule has 0 saturated carbocycles. The molecule has 1 amide bonds. The van der Waals surface area contributed by atoms with Crippen LogP contribution in [0.4, 0.5) is 0 Å². The Kier molecular flexibility index (Phi) is 6.48. The molecule has 0 atom stereocenters. The van der Waals surface area contributed by atoms with E-state index >= 15 is 0 Å². The van der Waals surface area contributed by atoms with Gasteiger partial charge in [-0.15, -0.1) is 0 Å². The van der Waals surface area contributed by atoms with Gasteiger partial charge in [-0.2, -0.15) is 4.31 Å². The van der Waals surface area contributed by atoms with Crippen molar-refractivity contribution in [3.63, 3.8) is 0 Å². The first-order valence-electron chi connectivity index (χ1n) is 7.98. The van der Waals surface area contributed by atoms with Crippen molar-refractivity contribution in [2.45, 2.75) is 11.8 Å². The Hall–Kier alpha value is -2.71. The van der Waals surface area contributed by atoms with Crippen molar-refractivity contribution in [2.75, 3.05) is 19.6 Å². The lowest BCUT2D eigenvalue weighted by Gasteiger charge is -2.20. The molecule has 0 radical (unpaired) electrons. The van der Waals surface area contributed by atoms with Crippen molar-refractivity contribution < 1.29 is 23.1 Å². The fraction of sp³-hybridized carbons (Fsp3) is 0.222. The Morgan fingerprint density at radius 1 is 0.962 bits per heavy atom. The lowest BCUT2D eigenvalue weighted by molar-refractivity contribution is -0.137. The summed E-state index contributed by atoms with van der Waals surface area (Å²) in [5.74, 6) is -1.89. The van der Waals surface area contributed by atoms with Gasteiger partial charge in [0.1, 0.15) is 6.54 Å². The van der Waals surface area contributed by atoms with E-state index < -0.39 is 35.0 Å². The third-order valence-corrected chi connectivity index (χ3v) is 5.41. The molecule has 0 unspecified atom stereocenters. The van der Waals surface area contributed by atoms with Crippen LogP contribution >= 0.6 is 0 Å². The zero-order chi connectivity index (χ0) is 19.2. The minimum absolute atomic E-state index is 0.0669. The molecule has 0 saturated heterocycles. The molecule has 0 aliphatic rings. The molecule has 0 aliphatic heterocycles.